The Morgan fingerprint density at radius 3 is 2.72 bits per heavy atom. The molecule has 1 aliphatic rings. The van der Waals surface area contributed by atoms with E-state index in [0.29, 0.717) is 41.9 Å². The van der Waals surface area contributed by atoms with E-state index in [1.165, 1.54) is 0 Å². The third-order valence-corrected chi connectivity index (χ3v) is 5.29. The van der Waals surface area contributed by atoms with Crippen LogP contribution in [-0.2, 0) is 19.5 Å². The highest BCUT2D eigenvalue weighted by Crippen LogP contribution is 2.36. The summed E-state index contributed by atoms with van der Waals surface area (Å²) in [5.41, 5.74) is 3.33. The standard InChI is InChI=1S/C21H21ClN4O3/c1-28-18-10-13(9-16(22)19(18)29-2)11-26-8-5-15-17(12-26)24-20(25-21(15)27)14-3-6-23-7-4-14/h3-4,6-7,9-10H,5,8,11-12H2,1-2H3,(H,24,25,27). The maximum absolute atomic E-state index is 12.5. The smallest absolute Gasteiger partial charge is 0.254 e. The number of aromatic amines is 1. The summed E-state index contributed by atoms with van der Waals surface area (Å²) in [6, 6.07) is 7.47. The molecule has 29 heavy (non-hydrogen) atoms. The zero-order valence-electron chi connectivity index (χ0n) is 16.2. The van der Waals surface area contributed by atoms with Crippen LogP contribution in [0.2, 0.25) is 5.02 Å². The second kappa shape index (κ2) is 8.23. The zero-order chi connectivity index (χ0) is 20.4. The van der Waals surface area contributed by atoms with E-state index in [0.717, 1.165) is 28.9 Å². The van der Waals surface area contributed by atoms with Gasteiger partial charge in [-0.15, -0.1) is 0 Å². The van der Waals surface area contributed by atoms with Crippen LogP contribution in [0.5, 0.6) is 11.5 Å². The highest BCUT2D eigenvalue weighted by atomic mass is 35.5. The van der Waals surface area contributed by atoms with Gasteiger partial charge in [0.15, 0.2) is 11.5 Å². The molecule has 2 aromatic heterocycles. The largest absolute Gasteiger partial charge is 0.493 e. The van der Waals surface area contributed by atoms with Crippen LogP contribution in [0.1, 0.15) is 16.8 Å². The molecular formula is C21H21ClN4O3. The van der Waals surface area contributed by atoms with Crippen LogP contribution in [0, 0.1) is 0 Å². The fraction of sp³-hybridized carbons (Fsp3) is 0.286. The number of nitrogens with one attached hydrogen (secondary N) is 1. The van der Waals surface area contributed by atoms with Gasteiger partial charge in [-0.05, 0) is 36.2 Å². The second-order valence-corrected chi connectivity index (χ2v) is 7.26. The number of methoxy groups -OCH3 is 2. The van der Waals surface area contributed by atoms with Crippen LogP contribution < -0.4 is 15.0 Å². The van der Waals surface area contributed by atoms with E-state index in [1.807, 2.05) is 24.3 Å². The number of nitrogens with zero attached hydrogens (tertiary/aromatic N) is 3. The van der Waals surface area contributed by atoms with Crippen molar-refractivity contribution in [3.8, 4) is 22.9 Å². The molecule has 0 fully saturated rings. The summed E-state index contributed by atoms with van der Waals surface area (Å²) >= 11 is 6.34. The molecule has 0 bridgehead atoms. The molecule has 1 aliphatic heterocycles. The minimum atomic E-state index is -0.0735. The molecule has 0 spiro atoms. The lowest BCUT2D eigenvalue weighted by Gasteiger charge is -2.28. The maximum atomic E-state index is 12.5. The van der Waals surface area contributed by atoms with Gasteiger partial charge < -0.3 is 14.5 Å². The zero-order valence-corrected chi connectivity index (χ0v) is 17.0. The van der Waals surface area contributed by atoms with Crippen molar-refractivity contribution < 1.29 is 9.47 Å². The number of halogens is 1. The van der Waals surface area contributed by atoms with E-state index in [9.17, 15) is 4.79 Å². The second-order valence-electron chi connectivity index (χ2n) is 6.85. The van der Waals surface area contributed by atoms with Gasteiger partial charge in [-0.2, -0.15) is 0 Å². The molecule has 0 saturated heterocycles. The molecule has 3 heterocycles. The number of aromatic nitrogens is 3. The van der Waals surface area contributed by atoms with E-state index in [1.54, 1.807) is 26.6 Å². The highest BCUT2D eigenvalue weighted by Gasteiger charge is 2.22. The number of hydrogen-bond donors (Lipinski definition) is 1. The van der Waals surface area contributed by atoms with Gasteiger partial charge in [-0.3, -0.25) is 14.7 Å². The van der Waals surface area contributed by atoms with Crippen molar-refractivity contribution in [2.75, 3.05) is 20.8 Å². The van der Waals surface area contributed by atoms with Crippen molar-refractivity contribution in [3.05, 3.63) is 68.9 Å². The van der Waals surface area contributed by atoms with Crippen LogP contribution >= 0.6 is 11.6 Å². The summed E-state index contributed by atoms with van der Waals surface area (Å²) in [6.07, 6.45) is 4.01. The van der Waals surface area contributed by atoms with Crippen molar-refractivity contribution in [1.82, 2.24) is 19.9 Å². The third kappa shape index (κ3) is 3.97. The molecule has 1 N–H and O–H groups in total. The molecule has 3 aromatic rings. The van der Waals surface area contributed by atoms with Crippen LogP contribution in [0.15, 0.2) is 41.5 Å². The SMILES string of the molecule is COc1cc(CN2CCc3c(nc(-c4ccncc4)[nH]c3=O)C2)cc(Cl)c1OC. The topological polar surface area (TPSA) is 80.3 Å². The van der Waals surface area contributed by atoms with Crippen LogP contribution in [0.4, 0.5) is 0 Å². The molecule has 4 rings (SSSR count). The quantitative estimate of drug-likeness (QED) is 0.693. The molecule has 1 aromatic carbocycles. The van der Waals surface area contributed by atoms with Gasteiger partial charge in [-0.1, -0.05) is 11.6 Å². The van der Waals surface area contributed by atoms with Crippen LogP contribution in [0.25, 0.3) is 11.4 Å². The first-order valence-electron chi connectivity index (χ1n) is 9.24. The number of H-pyrrole nitrogens is 1. The van der Waals surface area contributed by atoms with E-state index < -0.39 is 0 Å². The Balaban J connectivity index is 1.60. The Morgan fingerprint density at radius 2 is 2.00 bits per heavy atom. The average molecular weight is 413 g/mol. The minimum absolute atomic E-state index is 0.0735. The van der Waals surface area contributed by atoms with Crippen molar-refractivity contribution >= 4 is 11.6 Å². The number of ether oxygens (including phenoxy) is 2. The predicted molar refractivity (Wildman–Crippen MR) is 110 cm³/mol. The van der Waals surface area contributed by atoms with Crippen LogP contribution in [-0.4, -0.2) is 40.6 Å². The Kier molecular flexibility index (Phi) is 5.51. The molecule has 0 amide bonds. The lowest BCUT2D eigenvalue weighted by Crippen LogP contribution is -2.35. The monoisotopic (exact) mass is 412 g/mol. The average Bonchev–Trinajstić information content (AvgIpc) is 2.73. The summed E-state index contributed by atoms with van der Waals surface area (Å²) in [7, 11) is 3.15. The Labute approximate surface area is 173 Å². The minimum Gasteiger partial charge on any atom is -0.493 e. The van der Waals surface area contributed by atoms with E-state index in [4.69, 9.17) is 26.1 Å². The van der Waals surface area contributed by atoms with Gasteiger partial charge in [0.2, 0.25) is 0 Å². The van der Waals surface area contributed by atoms with Crippen molar-refractivity contribution in [3.63, 3.8) is 0 Å². The van der Waals surface area contributed by atoms with Crippen LogP contribution in [0.3, 0.4) is 0 Å². The van der Waals surface area contributed by atoms with Gasteiger partial charge in [0.25, 0.3) is 5.56 Å². The Hall–Kier alpha value is -2.90. The van der Waals surface area contributed by atoms with Gasteiger partial charge in [0.1, 0.15) is 5.82 Å². The first kappa shape index (κ1) is 19.4. The van der Waals surface area contributed by atoms with E-state index in [-0.39, 0.29) is 5.56 Å². The normalized spacial score (nSPS) is 13.8. The van der Waals surface area contributed by atoms with Crippen molar-refractivity contribution in [1.29, 1.82) is 0 Å². The highest BCUT2D eigenvalue weighted by molar-refractivity contribution is 6.32. The first-order chi connectivity index (χ1) is 14.1. The van der Waals surface area contributed by atoms with Gasteiger partial charge in [-0.25, -0.2) is 4.98 Å². The van der Waals surface area contributed by atoms with E-state index >= 15 is 0 Å². The summed E-state index contributed by atoms with van der Waals surface area (Å²) in [4.78, 5) is 26.4. The molecule has 8 heteroatoms. The molecule has 0 radical (unpaired) electrons. The van der Waals surface area contributed by atoms with Crippen molar-refractivity contribution in [2.45, 2.75) is 19.5 Å². The number of pyridine rings is 1. The number of rotatable bonds is 5. The van der Waals surface area contributed by atoms with E-state index in [2.05, 4.69) is 14.9 Å². The van der Waals surface area contributed by atoms with Crippen molar-refractivity contribution in [2.24, 2.45) is 0 Å². The number of benzene rings is 1. The number of hydrogen-bond acceptors (Lipinski definition) is 6. The summed E-state index contributed by atoms with van der Waals surface area (Å²) in [5, 5.41) is 0.508. The summed E-state index contributed by atoms with van der Waals surface area (Å²) in [6.45, 7) is 2.01. The van der Waals surface area contributed by atoms with Gasteiger partial charge >= 0.3 is 0 Å². The number of fused-ring (bicyclic) bond motifs is 1. The molecule has 0 saturated carbocycles. The maximum Gasteiger partial charge on any atom is 0.254 e. The fourth-order valence-electron chi connectivity index (χ4n) is 3.60. The Bertz CT molecular complexity index is 1090. The van der Waals surface area contributed by atoms with Gasteiger partial charge in [0.05, 0.1) is 24.9 Å². The fourth-order valence-corrected chi connectivity index (χ4v) is 3.91. The van der Waals surface area contributed by atoms with Gasteiger partial charge in [0, 0.05) is 43.2 Å². The third-order valence-electron chi connectivity index (χ3n) is 5.01. The Morgan fingerprint density at radius 1 is 1.21 bits per heavy atom. The predicted octanol–water partition coefficient (Wildman–Crippen LogP) is 3.06. The lowest BCUT2D eigenvalue weighted by molar-refractivity contribution is 0.240. The molecule has 150 valence electrons. The first-order valence-corrected chi connectivity index (χ1v) is 9.62. The molecular weight excluding hydrogens is 392 g/mol. The summed E-state index contributed by atoms with van der Waals surface area (Å²) < 4.78 is 10.7. The molecule has 0 atom stereocenters. The summed E-state index contributed by atoms with van der Waals surface area (Å²) in [5.74, 6) is 1.69. The molecule has 0 aliphatic carbocycles. The molecule has 7 nitrogen and oxygen atoms in total. The lowest BCUT2D eigenvalue weighted by atomic mass is 10.0. The molecule has 0 unspecified atom stereocenters.